The summed E-state index contributed by atoms with van der Waals surface area (Å²) in [5, 5.41) is 6.29. The monoisotopic (exact) mass is 188 g/mol. The van der Waals surface area contributed by atoms with Gasteiger partial charge >= 0.3 is 0 Å². The van der Waals surface area contributed by atoms with Gasteiger partial charge in [-0.05, 0) is 12.1 Å². The first kappa shape index (κ1) is 8.43. The van der Waals surface area contributed by atoms with Gasteiger partial charge in [0.25, 0.3) is 5.91 Å². The van der Waals surface area contributed by atoms with E-state index < -0.39 is 5.91 Å². The number of carbonyl (C=O) groups excluding carboxylic acids is 1. The molecule has 0 fully saturated rings. The molecular formula is C9H8N4O. The number of hydrogen-bond donors (Lipinski definition) is 2. The molecule has 0 aromatic carbocycles. The van der Waals surface area contributed by atoms with Gasteiger partial charge in [0, 0.05) is 6.20 Å². The summed E-state index contributed by atoms with van der Waals surface area (Å²) in [4.78, 5) is 15.1. The molecule has 3 N–H and O–H groups in total. The fourth-order valence-electron chi connectivity index (χ4n) is 1.19. The Morgan fingerprint density at radius 2 is 2.29 bits per heavy atom. The lowest BCUT2D eigenvalue weighted by atomic mass is 10.1. The minimum Gasteiger partial charge on any atom is -0.364 e. The van der Waals surface area contributed by atoms with E-state index in [2.05, 4.69) is 15.2 Å². The van der Waals surface area contributed by atoms with Crippen molar-refractivity contribution in [2.24, 2.45) is 5.73 Å². The zero-order valence-corrected chi connectivity index (χ0v) is 7.27. The van der Waals surface area contributed by atoms with Gasteiger partial charge in [-0.2, -0.15) is 5.10 Å². The molecule has 1 amide bonds. The number of hydrogen-bond acceptors (Lipinski definition) is 3. The average Bonchev–Trinajstić information content (AvgIpc) is 2.67. The molecule has 0 unspecified atom stereocenters. The number of nitrogens with two attached hydrogens (primary N) is 1. The van der Waals surface area contributed by atoms with Gasteiger partial charge in [-0.25, -0.2) is 0 Å². The Morgan fingerprint density at radius 3 is 2.93 bits per heavy atom. The summed E-state index contributed by atoms with van der Waals surface area (Å²) in [7, 11) is 0. The second-order valence-corrected chi connectivity index (χ2v) is 2.74. The molecule has 14 heavy (non-hydrogen) atoms. The number of amides is 1. The molecule has 2 rings (SSSR count). The van der Waals surface area contributed by atoms with Crippen LogP contribution in [0.25, 0.3) is 11.3 Å². The molecule has 2 aromatic heterocycles. The highest BCUT2D eigenvalue weighted by molar-refractivity contribution is 5.97. The second-order valence-electron chi connectivity index (χ2n) is 2.74. The van der Waals surface area contributed by atoms with E-state index in [9.17, 15) is 4.79 Å². The van der Waals surface area contributed by atoms with Crippen molar-refractivity contribution in [1.29, 1.82) is 0 Å². The highest BCUT2D eigenvalue weighted by atomic mass is 16.1. The fraction of sp³-hybridized carbons (Fsp3) is 0. The Balaban J connectivity index is 2.52. The van der Waals surface area contributed by atoms with Gasteiger partial charge in [-0.1, -0.05) is 6.07 Å². The summed E-state index contributed by atoms with van der Waals surface area (Å²) in [6.45, 7) is 0. The molecule has 5 nitrogen and oxygen atoms in total. The lowest BCUT2D eigenvalue weighted by molar-refractivity contribution is 0.0996. The first-order chi connectivity index (χ1) is 6.79. The molecule has 0 aliphatic rings. The van der Waals surface area contributed by atoms with Crippen LogP contribution in [0.3, 0.4) is 0 Å². The van der Waals surface area contributed by atoms with Gasteiger partial charge in [0.1, 0.15) is 5.69 Å². The lowest BCUT2D eigenvalue weighted by Crippen LogP contribution is -2.12. The van der Waals surface area contributed by atoms with Crippen LogP contribution < -0.4 is 5.73 Å². The number of rotatable bonds is 2. The van der Waals surface area contributed by atoms with Crippen molar-refractivity contribution in [2.45, 2.75) is 0 Å². The van der Waals surface area contributed by atoms with E-state index in [-0.39, 0.29) is 5.69 Å². The van der Waals surface area contributed by atoms with Crippen LogP contribution in [0.4, 0.5) is 0 Å². The molecule has 0 spiro atoms. The van der Waals surface area contributed by atoms with E-state index in [4.69, 9.17) is 5.73 Å². The van der Waals surface area contributed by atoms with Gasteiger partial charge in [-0.3, -0.25) is 14.9 Å². The van der Waals surface area contributed by atoms with E-state index in [0.29, 0.717) is 11.3 Å². The maximum Gasteiger partial charge on any atom is 0.267 e. The molecule has 0 atom stereocenters. The first-order valence-corrected chi connectivity index (χ1v) is 4.03. The van der Waals surface area contributed by atoms with Crippen LogP contribution in [0, 0.1) is 0 Å². The van der Waals surface area contributed by atoms with Crippen molar-refractivity contribution < 1.29 is 4.79 Å². The van der Waals surface area contributed by atoms with Gasteiger partial charge in [0.2, 0.25) is 0 Å². The van der Waals surface area contributed by atoms with Crippen molar-refractivity contribution in [1.82, 2.24) is 15.2 Å². The largest absolute Gasteiger partial charge is 0.364 e. The van der Waals surface area contributed by atoms with Crippen molar-refractivity contribution in [3.63, 3.8) is 0 Å². The molecule has 2 aromatic rings. The predicted octanol–water partition coefficient (Wildman–Crippen LogP) is 0.571. The number of nitrogens with zero attached hydrogens (tertiary/aromatic N) is 2. The molecule has 0 saturated carbocycles. The molecule has 0 bridgehead atoms. The van der Waals surface area contributed by atoms with Crippen LogP contribution >= 0.6 is 0 Å². The van der Waals surface area contributed by atoms with E-state index in [1.807, 2.05) is 6.07 Å². The average molecular weight is 188 g/mol. The van der Waals surface area contributed by atoms with Gasteiger partial charge in [0.15, 0.2) is 0 Å². The molecule has 0 radical (unpaired) electrons. The number of H-pyrrole nitrogens is 1. The molecule has 2 heterocycles. The molecule has 0 aliphatic carbocycles. The maximum atomic E-state index is 11.0. The Labute approximate surface area is 80.0 Å². The topological polar surface area (TPSA) is 84.7 Å². The summed E-state index contributed by atoms with van der Waals surface area (Å²) in [5.41, 5.74) is 6.74. The minimum atomic E-state index is -0.539. The highest BCUT2D eigenvalue weighted by Crippen LogP contribution is 2.18. The third kappa shape index (κ3) is 1.35. The standard InChI is InChI=1S/C9H8N4O/c10-9(14)8-6(5-12-13-8)7-3-1-2-4-11-7/h1-5H,(H2,10,14)(H,12,13). The van der Waals surface area contributed by atoms with Crippen LogP contribution in [-0.2, 0) is 0 Å². The summed E-state index contributed by atoms with van der Waals surface area (Å²) < 4.78 is 0. The van der Waals surface area contributed by atoms with E-state index in [1.54, 1.807) is 18.3 Å². The van der Waals surface area contributed by atoms with Crippen molar-refractivity contribution in [2.75, 3.05) is 0 Å². The number of aromatic amines is 1. The van der Waals surface area contributed by atoms with Gasteiger partial charge < -0.3 is 5.73 Å². The summed E-state index contributed by atoms with van der Waals surface area (Å²) in [6, 6.07) is 5.42. The highest BCUT2D eigenvalue weighted by Gasteiger charge is 2.12. The Kier molecular flexibility index (Phi) is 1.98. The summed E-state index contributed by atoms with van der Waals surface area (Å²) in [5.74, 6) is -0.539. The third-order valence-corrected chi connectivity index (χ3v) is 1.83. The third-order valence-electron chi connectivity index (χ3n) is 1.83. The number of aromatic nitrogens is 3. The SMILES string of the molecule is NC(=O)c1[nH]ncc1-c1ccccn1. The maximum absolute atomic E-state index is 11.0. The number of primary amides is 1. The summed E-state index contributed by atoms with van der Waals surface area (Å²) in [6.07, 6.45) is 3.18. The smallest absolute Gasteiger partial charge is 0.267 e. The molecular weight excluding hydrogens is 180 g/mol. The van der Waals surface area contributed by atoms with Crippen molar-refractivity contribution >= 4 is 5.91 Å². The fourth-order valence-corrected chi connectivity index (χ4v) is 1.19. The Bertz CT molecular complexity index is 449. The summed E-state index contributed by atoms with van der Waals surface area (Å²) >= 11 is 0. The second kappa shape index (κ2) is 3.29. The van der Waals surface area contributed by atoms with Gasteiger partial charge in [-0.15, -0.1) is 0 Å². The predicted molar refractivity (Wildman–Crippen MR) is 50.3 cm³/mol. The molecule has 5 heteroatoms. The number of carbonyl (C=O) groups is 1. The van der Waals surface area contributed by atoms with Crippen LogP contribution in [0.1, 0.15) is 10.5 Å². The van der Waals surface area contributed by atoms with Crippen LogP contribution in [0.15, 0.2) is 30.6 Å². The quantitative estimate of drug-likeness (QED) is 0.722. The molecule has 70 valence electrons. The van der Waals surface area contributed by atoms with Crippen molar-refractivity contribution in [3.05, 3.63) is 36.3 Å². The molecule has 0 aliphatic heterocycles. The van der Waals surface area contributed by atoms with Crippen LogP contribution in [0.2, 0.25) is 0 Å². The van der Waals surface area contributed by atoms with Crippen LogP contribution in [0.5, 0.6) is 0 Å². The van der Waals surface area contributed by atoms with Gasteiger partial charge in [0.05, 0.1) is 17.5 Å². The lowest BCUT2D eigenvalue weighted by Gasteiger charge is -1.97. The minimum absolute atomic E-state index is 0.281. The van der Waals surface area contributed by atoms with E-state index in [1.165, 1.54) is 6.20 Å². The zero-order chi connectivity index (χ0) is 9.97. The molecule has 0 saturated heterocycles. The first-order valence-electron chi connectivity index (χ1n) is 4.03. The van der Waals surface area contributed by atoms with E-state index >= 15 is 0 Å². The Hall–Kier alpha value is -2.17. The van der Waals surface area contributed by atoms with E-state index in [0.717, 1.165) is 0 Å². The Morgan fingerprint density at radius 1 is 1.43 bits per heavy atom. The number of nitrogens with one attached hydrogen (secondary N) is 1. The zero-order valence-electron chi connectivity index (χ0n) is 7.27. The number of pyridine rings is 1. The normalized spacial score (nSPS) is 10.0. The van der Waals surface area contributed by atoms with Crippen LogP contribution in [-0.4, -0.2) is 21.1 Å². The van der Waals surface area contributed by atoms with Crippen molar-refractivity contribution in [3.8, 4) is 11.3 Å².